The highest BCUT2D eigenvalue weighted by Gasteiger charge is 2.26. The molecule has 1 rings (SSSR count). The van der Waals surface area contributed by atoms with Crippen LogP contribution in [0.3, 0.4) is 0 Å². The van der Waals surface area contributed by atoms with E-state index >= 15 is 0 Å². The third-order valence-electron chi connectivity index (χ3n) is 4.43. The summed E-state index contributed by atoms with van der Waals surface area (Å²) in [6.45, 7) is 15.5. The Morgan fingerprint density at radius 1 is 1.24 bits per heavy atom. The summed E-state index contributed by atoms with van der Waals surface area (Å²) in [7, 11) is 0. The molecule has 102 valence electrons. The van der Waals surface area contributed by atoms with Gasteiger partial charge in [-0.05, 0) is 58.0 Å². The molecule has 0 aliphatic carbocycles. The summed E-state index contributed by atoms with van der Waals surface area (Å²) in [5, 5.41) is 3.60. The van der Waals surface area contributed by atoms with Gasteiger partial charge in [0.2, 0.25) is 0 Å². The molecule has 1 fully saturated rings. The van der Waals surface area contributed by atoms with Crippen LogP contribution in [0.25, 0.3) is 0 Å². The van der Waals surface area contributed by atoms with Crippen molar-refractivity contribution in [2.75, 3.05) is 19.6 Å². The third-order valence-corrected chi connectivity index (χ3v) is 4.43. The van der Waals surface area contributed by atoms with E-state index in [1.807, 2.05) is 0 Å². The van der Waals surface area contributed by atoms with Gasteiger partial charge in [0.15, 0.2) is 0 Å². The van der Waals surface area contributed by atoms with Crippen molar-refractivity contribution in [1.29, 1.82) is 0 Å². The number of piperidine rings is 1. The molecule has 0 spiro atoms. The van der Waals surface area contributed by atoms with E-state index in [-0.39, 0.29) is 0 Å². The van der Waals surface area contributed by atoms with Crippen LogP contribution in [0.2, 0.25) is 0 Å². The Balaban J connectivity index is 2.29. The van der Waals surface area contributed by atoms with Crippen LogP contribution < -0.4 is 5.32 Å². The summed E-state index contributed by atoms with van der Waals surface area (Å²) in [5.74, 6) is 1.78. The summed E-state index contributed by atoms with van der Waals surface area (Å²) < 4.78 is 0. The van der Waals surface area contributed by atoms with E-state index in [4.69, 9.17) is 0 Å². The number of hydrogen-bond donors (Lipinski definition) is 1. The first-order chi connectivity index (χ1) is 8.04. The molecule has 0 aromatic carbocycles. The quantitative estimate of drug-likeness (QED) is 0.767. The Labute approximate surface area is 108 Å². The summed E-state index contributed by atoms with van der Waals surface area (Å²) >= 11 is 0. The van der Waals surface area contributed by atoms with Gasteiger partial charge >= 0.3 is 0 Å². The predicted octanol–water partition coefficient (Wildman–Crippen LogP) is 3.13. The number of nitrogens with zero attached hydrogens (tertiary/aromatic N) is 1. The van der Waals surface area contributed by atoms with Crippen LogP contribution in [0.4, 0.5) is 0 Å². The number of hydrogen-bond acceptors (Lipinski definition) is 2. The molecular formula is C15H32N2. The Hall–Kier alpha value is -0.0800. The first-order valence-corrected chi connectivity index (χ1v) is 7.52. The monoisotopic (exact) mass is 240 g/mol. The highest BCUT2D eigenvalue weighted by Crippen LogP contribution is 2.24. The van der Waals surface area contributed by atoms with Crippen LogP contribution in [0, 0.1) is 11.8 Å². The second-order valence-electron chi connectivity index (χ2n) is 6.18. The maximum absolute atomic E-state index is 3.60. The van der Waals surface area contributed by atoms with Crippen molar-refractivity contribution in [3.8, 4) is 0 Å². The Bertz CT molecular complexity index is 205. The molecule has 2 nitrogen and oxygen atoms in total. The first-order valence-electron chi connectivity index (χ1n) is 7.52. The summed E-state index contributed by atoms with van der Waals surface area (Å²) in [6.07, 6.45) is 3.89. The van der Waals surface area contributed by atoms with Crippen molar-refractivity contribution < 1.29 is 0 Å². The van der Waals surface area contributed by atoms with Gasteiger partial charge in [0.1, 0.15) is 0 Å². The van der Waals surface area contributed by atoms with Crippen molar-refractivity contribution in [2.45, 2.75) is 66.0 Å². The Morgan fingerprint density at radius 3 is 2.53 bits per heavy atom. The maximum Gasteiger partial charge on any atom is 0.00817 e. The van der Waals surface area contributed by atoms with Crippen molar-refractivity contribution in [1.82, 2.24) is 10.2 Å². The van der Waals surface area contributed by atoms with Crippen molar-refractivity contribution in [3.05, 3.63) is 0 Å². The van der Waals surface area contributed by atoms with Crippen LogP contribution in [-0.2, 0) is 0 Å². The normalized spacial score (nSPS) is 30.2. The summed E-state index contributed by atoms with van der Waals surface area (Å²) in [4.78, 5) is 2.69. The first kappa shape index (κ1) is 15.0. The standard InChI is InChI=1S/C15H32N2/c1-6-8-16-14(4)10-15(5)17-9-7-12(2)13(3)11-17/h12-16H,6-11H2,1-5H3. The average molecular weight is 240 g/mol. The molecule has 0 amide bonds. The van der Waals surface area contributed by atoms with Gasteiger partial charge in [0.05, 0.1) is 0 Å². The molecule has 1 aliphatic rings. The van der Waals surface area contributed by atoms with Gasteiger partial charge in [-0.2, -0.15) is 0 Å². The minimum Gasteiger partial charge on any atom is -0.314 e. The van der Waals surface area contributed by atoms with Crippen molar-refractivity contribution in [2.24, 2.45) is 11.8 Å². The molecule has 0 bridgehead atoms. The van der Waals surface area contributed by atoms with E-state index in [2.05, 4.69) is 44.8 Å². The molecule has 0 radical (unpaired) electrons. The van der Waals surface area contributed by atoms with Gasteiger partial charge in [0.25, 0.3) is 0 Å². The maximum atomic E-state index is 3.60. The molecule has 4 unspecified atom stereocenters. The van der Waals surface area contributed by atoms with E-state index in [1.54, 1.807) is 0 Å². The minimum atomic E-state index is 0.652. The summed E-state index contributed by atoms with van der Waals surface area (Å²) in [6, 6.07) is 1.38. The van der Waals surface area contributed by atoms with E-state index in [0.29, 0.717) is 6.04 Å². The van der Waals surface area contributed by atoms with Gasteiger partial charge in [-0.15, -0.1) is 0 Å². The lowest BCUT2D eigenvalue weighted by molar-refractivity contribution is 0.0944. The molecule has 1 N–H and O–H groups in total. The molecule has 0 aromatic rings. The largest absolute Gasteiger partial charge is 0.314 e. The zero-order valence-electron chi connectivity index (χ0n) is 12.5. The van der Waals surface area contributed by atoms with Crippen LogP contribution in [0.15, 0.2) is 0 Å². The average Bonchev–Trinajstić information content (AvgIpc) is 2.30. The number of rotatable bonds is 6. The molecule has 17 heavy (non-hydrogen) atoms. The van der Waals surface area contributed by atoms with Gasteiger partial charge in [-0.1, -0.05) is 20.8 Å². The van der Waals surface area contributed by atoms with Gasteiger partial charge in [-0.25, -0.2) is 0 Å². The molecule has 0 aromatic heterocycles. The fourth-order valence-electron chi connectivity index (χ4n) is 2.83. The van der Waals surface area contributed by atoms with Crippen molar-refractivity contribution >= 4 is 0 Å². The third kappa shape index (κ3) is 4.97. The minimum absolute atomic E-state index is 0.652. The lowest BCUT2D eigenvalue weighted by Crippen LogP contribution is -2.45. The van der Waals surface area contributed by atoms with E-state index in [9.17, 15) is 0 Å². The van der Waals surface area contributed by atoms with Crippen LogP contribution >= 0.6 is 0 Å². The van der Waals surface area contributed by atoms with Gasteiger partial charge in [-0.3, -0.25) is 0 Å². The number of likely N-dealkylation sites (tertiary alicyclic amines) is 1. The highest BCUT2D eigenvalue weighted by molar-refractivity contribution is 4.80. The summed E-state index contributed by atoms with van der Waals surface area (Å²) in [5.41, 5.74) is 0. The van der Waals surface area contributed by atoms with Gasteiger partial charge < -0.3 is 10.2 Å². The second kappa shape index (κ2) is 7.38. The molecule has 1 saturated heterocycles. The Kier molecular flexibility index (Phi) is 6.50. The fourth-order valence-corrected chi connectivity index (χ4v) is 2.83. The molecule has 1 heterocycles. The molecule has 1 aliphatic heterocycles. The smallest absolute Gasteiger partial charge is 0.00817 e. The molecular weight excluding hydrogens is 208 g/mol. The van der Waals surface area contributed by atoms with E-state index in [1.165, 1.54) is 32.4 Å². The van der Waals surface area contributed by atoms with E-state index in [0.717, 1.165) is 24.4 Å². The molecule has 4 atom stereocenters. The molecule has 0 saturated carbocycles. The highest BCUT2D eigenvalue weighted by atomic mass is 15.2. The van der Waals surface area contributed by atoms with E-state index < -0.39 is 0 Å². The van der Waals surface area contributed by atoms with Crippen molar-refractivity contribution in [3.63, 3.8) is 0 Å². The van der Waals surface area contributed by atoms with Crippen LogP contribution in [0.1, 0.15) is 53.9 Å². The zero-order chi connectivity index (χ0) is 12.8. The predicted molar refractivity (Wildman–Crippen MR) is 76.4 cm³/mol. The fraction of sp³-hybridized carbons (Fsp3) is 1.00. The zero-order valence-corrected chi connectivity index (χ0v) is 12.5. The Morgan fingerprint density at radius 2 is 1.94 bits per heavy atom. The lowest BCUT2D eigenvalue weighted by Gasteiger charge is -2.39. The second-order valence-corrected chi connectivity index (χ2v) is 6.18. The topological polar surface area (TPSA) is 15.3 Å². The van der Waals surface area contributed by atoms with Crippen LogP contribution in [-0.4, -0.2) is 36.6 Å². The molecule has 2 heteroatoms. The van der Waals surface area contributed by atoms with Crippen LogP contribution in [0.5, 0.6) is 0 Å². The SMILES string of the molecule is CCCNC(C)CC(C)N1CCC(C)C(C)C1. The number of nitrogens with one attached hydrogen (secondary N) is 1. The lowest BCUT2D eigenvalue weighted by atomic mass is 9.87. The van der Waals surface area contributed by atoms with Gasteiger partial charge in [0, 0.05) is 18.6 Å².